The SMILES string of the molecule is CC(=O)Nc1ccc(N2C(=O)CC(N(C(=O)c3ccc([N+](=O)[O-])cc3)C3CCCCC3)C2=O)cc1. The van der Waals surface area contributed by atoms with Crippen molar-refractivity contribution in [2.75, 3.05) is 10.2 Å². The van der Waals surface area contributed by atoms with E-state index in [9.17, 15) is 29.3 Å². The number of nitrogens with one attached hydrogen (secondary N) is 1. The second-order valence-corrected chi connectivity index (χ2v) is 8.82. The maximum atomic E-state index is 13.6. The second-order valence-electron chi connectivity index (χ2n) is 8.82. The lowest BCUT2D eigenvalue weighted by Crippen LogP contribution is -2.51. The van der Waals surface area contributed by atoms with Gasteiger partial charge in [-0.15, -0.1) is 0 Å². The zero-order valence-electron chi connectivity index (χ0n) is 19.3. The van der Waals surface area contributed by atoms with Gasteiger partial charge in [-0.2, -0.15) is 0 Å². The predicted molar refractivity (Wildman–Crippen MR) is 128 cm³/mol. The quantitative estimate of drug-likeness (QED) is 0.383. The molecular weight excluding hydrogens is 452 g/mol. The molecule has 4 amide bonds. The van der Waals surface area contributed by atoms with Crippen molar-refractivity contribution in [2.45, 2.75) is 57.5 Å². The van der Waals surface area contributed by atoms with Gasteiger partial charge in [-0.25, -0.2) is 4.90 Å². The summed E-state index contributed by atoms with van der Waals surface area (Å²) in [6.07, 6.45) is 4.18. The highest BCUT2D eigenvalue weighted by atomic mass is 16.6. The van der Waals surface area contributed by atoms with Crippen LogP contribution in [0.4, 0.5) is 17.1 Å². The van der Waals surface area contributed by atoms with Crippen molar-refractivity contribution in [1.29, 1.82) is 0 Å². The fourth-order valence-electron chi connectivity index (χ4n) is 4.80. The zero-order chi connectivity index (χ0) is 25.1. The third-order valence-electron chi connectivity index (χ3n) is 6.43. The topological polar surface area (TPSA) is 130 Å². The summed E-state index contributed by atoms with van der Waals surface area (Å²) in [6, 6.07) is 10.5. The number of non-ortho nitro benzene ring substituents is 1. The Morgan fingerprint density at radius 2 is 1.63 bits per heavy atom. The van der Waals surface area contributed by atoms with Crippen molar-refractivity contribution in [3.8, 4) is 0 Å². The minimum absolute atomic E-state index is 0.133. The Morgan fingerprint density at radius 3 is 2.20 bits per heavy atom. The van der Waals surface area contributed by atoms with Crippen LogP contribution in [0.2, 0.25) is 0 Å². The van der Waals surface area contributed by atoms with E-state index < -0.39 is 28.7 Å². The molecule has 1 saturated heterocycles. The Labute approximate surface area is 202 Å². The van der Waals surface area contributed by atoms with Crippen molar-refractivity contribution in [3.63, 3.8) is 0 Å². The molecule has 1 heterocycles. The third kappa shape index (κ3) is 5.06. The number of carbonyl (C=O) groups is 4. The molecular formula is C25H26N4O6. The van der Waals surface area contributed by atoms with Gasteiger partial charge in [-0.1, -0.05) is 19.3 Å². The number of nitrogens with zero attached hydrogens (tertiary/aromatic N) is 3. The Balaban J connectivity index is 1.62. The Kier molecular flexibility index (Phi) is 6.90. The first kappa shape index (κ1) is 24.1. The molecule has 1 N–H and O–H groups in total. The third-order valence-corrected chi connectivity index (χ3v) is 6.43. The van der Waals surface area contributed by atoms with Gasteiger partial charge in [-0.3, -0.25) is 29.3 Å². The molecule has 10 heteroatoms. The van der Waals surface area contributed by atoms with Crippen LogP contribution in [-0.4, -0.2) is 45.5 Å². The number of imide groups is 1. The van der Waals surface area contributed by atoms with Gasteiger partial charge in [0.2, 0.25) is 11.8 Å². The average Bonchev–Trinajstić information content (AvgIpc) is 3.13. The van der Waals surface area contributed by atoms with E-state index in [4.69, 9.17) is 0 Å². The molecule has 1 unspecified atom stereocenters. The Morgan fingerprint density at radius 1 is 1.00 bits per heavy atom. The summed E-state index contributed by atoms with van der Waals surface area (Å²) >= 11 is 0. The number of carbonyl (C=O) groups excluding carboxylic acids is 4. The number of nitro groups is 1. The Hall–Kier alpha value is -4.08. The van der Waals surface area contributed by atoms with E-state index in [1.54, 1.807) is 24.3 Å². The highest BCUT2D eigenvalue weighted by Gasteiger charge is 2.46. The molecule has 35 heavy (non-hydrogen) atoms. The van der Waals surface area contributed by atoms with Crippen molar-refractivity contribution in [3.05, 3.63) is 64.2 Å². The van der Waals surface area contributed by atoms with E-state index in [1.165, 1.54) is 36.1 Å². The van der Waals surface area contributed by atoms with Gasteiger partial charge >= 0.3 is 0 Å². The fraction of sp³-hybridized carbons (Fsp3) is 0.360. The number of rotatable bonds is 6. The Bertz CT molecular complexity index is 1160. The van der Waals surface area contributed by atoms with E-state index in [1.807, 2.05) is 0 Å². The number of amides is 4. The lowest BCUT2D eigenvalue weighted by Gasteiger charge is -2.37. The first-order valence-electron chi connectivity index (χ1n) is 11.6. The van der Waals surface area contributed by atoms with E-state index in [2.05, 4.69) is 5.32 Å². The zero-order valence-corrected chi connectivity index (χ0v) is 19.3. The summed E-state index contributed by atoms with van der Waals surface area (Å²) in [5.41, 5.74) is 1.00. The summed E-state index contributed by atoms with van der Waals surface area (Å²) < 4.78 is 0. The molecule has 0 radical (unpaired) electrons. The summed E-state index contributed by atoms with van der Waals surface area (Å²) in [4.78, 5) is 64.4. The van der Waals surface area contributed by atoms with Crippen LogP contribution in [0.1, 0.15) is 55.8 Å². The molecule has 4 rings (SSSR count). The molecule has 1 aliphatic carbocycles. The van der Waals surface area contributed by atoms with Gasteiger partial charge in [0, 0.05) is 36.3 Å². The van der Waals surface area contributed by atoms with Crippen LogP contribution in [0.5, 0.6) is 0 Å². The van der Waals surface area contributed by atoms with Gasteiger partial charge in [0.1, 0.15) is 6.04 Å². The van der Waals surface area contributed by atoms with Crippen molar-refractivity contribution >= 4 is 40.7 Å². The van der Waals surface area contributed by atoms with Gasteiger partial charge < -0.3 is 10.2 Å². The van der Waals surface area contributed by atoms with Crippen molar-refractivity contribution in [2.24, 2.45) is 0 Å². The largest absolute Gasteiger partial charge is 0.326 e. The molecule has 182 valence electrons. The molecule has 10 nitrogen and oxygen atoms in total. The molecule has 1 aliphatic heterocycles. The highest BCUT2D eigenvalue weighted by Crippen LogP contribution is 2.33. The first-order chi connectivity index (χ1) is 16.8. The van der Waals surface area contributed by atoms with Gasteiger partial charge in [-0.05, 0) is 49.2 Å². The van der Waals surface area contributed by atoms with Crippen LogP contribution in [-0.2, 0) is 14.4 Å². The minimum atomic E-state index is -0.955. The normalized spacial score (nSPS) is 18.4. The molecule has 0 aromatic heterocycles. The number of hydrogen-bond acceptors (Lipinski definition) is 6. The van der Waals surface area contributed by atoms with Gasteiger partial charge in [0.05, 0.1) is 17.0 Å². The van der Waals surface area contributed by atoms with Gasteiger partial charge in [0.15, 0.2) is 0 Å². The summed E-state index contributed by atoms with van der Waals surface area (Å²) in [5, 5.41) is 13.6. The molecule has 1 saturated carbocycles. The maximum absolute atomic E-state index is 13.6. The van der Waals surface area contributed by atoms with E-state index in [-0.39, 0.29) is 29.6 Å². The smallest absolute Gasteiger partial charge is 0.269 e. The molecule has 2 aliphatic rings. The average molecular weight is 479 g/mol. The van der Waals surface area contributed by atoms with Crippen molar-refractivity contribution < 1.29 is 24.1 Å². The summed E-state index contributed by atoms with van der Waals surface area (Å²) in [7, 11) is 0. The molecule has 2 aromatic rings. The first-order valence-corrected chi connectivity index (χ1v) is 11.6. The number of anilines is 2. The summed E-state index contributed by atoms with van der Waals surface area (Å²) in [5.74, 6) is -1.55. The van der Waals surface area contributed by atoms with Crippen LogP contribution in [0.15, 0.2) is 48.5 Å². The molecule has 2 fully saturated rings. The highest BCUT2D eigenvalue weighted by molar-refractivity contribution is 6.23. The van der Waals surface area contributed by atoms with Crippen molar-refractivity contribution in [1.82, 2.24) is 4.90 Å². The second kappa shape index (κ2) is 10.0. The minimum Gasteiger partial charge on any atom is -0.326 e. The van der Waals surface area contributed by atoms with E-state index >= 15 is 0 Å². The molecule has 0 spiro atoms. The van der Waals surface area contributed by atoms with Crippen LogP contribution in [0.25, 0.3) is 0 Å². The molecule has 2 aromatic carbocycles. The predicted octanol–water partition coefficient (Wildman–Crippen LogP) is 3.66. The number of benzene rings is 2. The van der Waals surface area contributed by atoms with Crippen LogP contribution >= 0.6 is 0 Å². The van der Waals surface area contributed by atoms with E-state index in [0.29, 0.717) is 11.4 Å². The molecule has 0 bridgehead atoms. The number of nitro benzene ring substituents is 1. The lowest BCUT2D eigenvalue weighted by atomic mass is 9.92. The monoisotopic (exact) mass is 478 g/mol. The molecule has 1 atom stereocenters. The van der Waals surface area contributed by atoms with Crippen LogP contribution in [0.3, 0.4) is 0 Å². The van der Waals surface area contributed by atoms with Gasteiger partial charge in [0.25, 0.3) is 17.5 Å². The number of hydrogen-bond donors (Lipinski definition) is 1. The van der Waals surface area contributed by atoms with E-state index in [0.717, 1.165) is 37.0 Å². The van der Waals surface area contributed by atoms with Crippen LogP contribution < -0.4 is 10.2 Å². The maximum Gasteiger partial charge on any atom is 0.269 e. The summed E-state index contributed by atoms with van der Waals surface area (Å²) in [6.45, 7) is 1.38. The fourth-order valence-corrected chi connectivity index (χ4v) is 4.80. The lowest BCUT2D eigenvalue weighted by molar-refractivity contribution is -0.384. The van der Waals surface area contributed by atoms with Crippen LogP contribution in [0, 0.1) is 10.1 Å². The standard InChI is InChI=1S/C25H26N4O6/c1-16(30)26-18-9-13-20(14-10-18)28-23(31)15-22(25(28)33)27(19-5-3-2-4-6-19)24(32)17-7-11-21(12-8-17)29(34)35/h7-14,19,22H,2-6,15H2,1H3,(H,26,30).